The molecule has 9 heteroatoms. The molecule has 0 spiro atoms. The van der Waals surface area contributed by atoms with Gasteiger partial charge in [0.2, 0.25) is 5.88 Å². The van der Waals surface area contributed by atoms with Gasteiger partial charge in [0.25, 0.3) is 5.56 Å². The van der Waals surface area contributed by atoms with E-state index < -0.39 is 5.92 Å². The molecule has 2 aromatic heterocycles. The molecule has 0 amide bonds. The van der Waals surface area contributed by atoms with Gasteiger partial charge in [0.05, 0.1) is 39.4 Å². The quantitative estimate of drug-likeness (QED) is 0.596. The summed E-state index contributed by atoms with van der Waals surface area (Å²) in [5, 5.41) is 9.98. The summed E-state index contributed by atoms with van der Waals surface area (Å²) in [5.74, 6) is 0.671. The summed E-state index contributed by atoms with van der Waals surface area (Å²) in [6, 6.07) is 10.9. The summed E-state index contributed by atoms with van der Waals surface area (Å²) < 4.78 is 23.8. The fourth-order valence-corrected chi connectivity index (χ4v) is 4.15. The third-order valence-corrected chi connectivity index (χ3v) is 5.80. The average molecular weight is 460 g/mol. The number of pyridine rings is 2. The lowest BCUT2D eigenvalue weighted by molar-refractivity contribution is 0.346. The number of benzene rings is 1. The maximum Gasteiger partial charge on any atom is 0.259 e. The van der Waals surface area contributed by atoms with E-state index in [2.05, 4.69) is 11.1 Å². The number of nitrogens with two attached hydrogens (primary N) is 1. The maximum absolute atomic E-state index is 13.9. The Bertz CT molecular complexity index is 1370. The predicted molar refractivity (Wildman–Crippen MR) is 124 cm³/mol. The van der Waals surface area contributed by atoms with Gasteiger partial charge in [-0.25, -0.2) is 0 Å². The van der Waals surface area contributed by atoms with Crippen LogP contribution in [-0.2, 0) is 6.54 Å². The zero-order chi connectivity index (χ0) is 24.4. The highest BCUT2D eigenvalue weighted by Gasteiger charge is 2.36. The first-order chi connectivity index (χ1) is 16.4. The molecule has 0 aliphatic carbocycles. The number of hydrogen-bond acceptors (Lipinski definition) is 8. The number of hydrogen-bond donors (Lipinski definition) is 1. The van der Waals surface area contributed by atoms with Crippen molar-refractivity contribution < 1.29 is 18.9 Å². The zero-order valence-corrected chi connectivity index (χ0v) is 19.3. The third-order valence-electron chi connectivity index (χ3n) is 5.80. The number of rotatable bonds is 6. The van der Waals surface area contributed by atoms with E-state index >= 15 is 0 Å². The molecule has 0 saturated carbocycles. The molecule has 0 saturated heterocycles. The topological polar surface area (TPSA) is 122 Å². The minimum atomic E-state index is -0.836. The normalized spacial score (nSPS) is 14.6. The van der Waals surface area contributed by atoms with Crippen molar-refractivity contribution in [1.29, 1.82) is 5.26 Å². The van der Waals surface area contributed by atoms with Gasteiger partial charge < -0.3 is 29.2 Å². The highest BCUT2D eigenvalue weighted by molar-refractivity contribution is 5.61. The molecule has 34 heavy (non-hydrogen) atoms. The van der Waals surface area contributed by atoms with Crippen LogP contribution in [0.2, 0.25) is 0 Å². The highest BCUT2D eigenvalue weighted by Crippen LogP contribution is 2.46. The van der Waals surface area contributed by atoms with Crippen molar-refractivity contribution in [3.8, 4) is 29.1 Å². The molecule has 0 radical (unpaired) electrons. The lowest BCUT2D eigenvalue weighted by Crippen LogP contribution is -2.33. The molecular weight excluding hydrogens is 436 g/mol. The lowest BCUT2D eigenvalue weighted by atomic mass is 9.83. The van der Waals surface area contributed by atoms with Gasteiger partial charge in [0.1, 0.15) is 23.1 Å². The van der Waals surface area contributed by atoms with Crippen molar-refractivity contribution in [3.05, 3.63) is 86.9 Å². The second kappa shape index (κ2) is 9.19. The molecule has 3 heterocycles. The van der Waals surface area contributed by atoms with Gasteiger partial charge >= 0.3 is 0 Å². The number of aryl methyl sites for hydroxylation is 1. The van der Waals surface area contributed by atoms with Gasteiger partial charge in [-0.1, -0.05) is 6.07 Å². The van der Waals surface area contributed by atoms with Crippen molar-refractivity contribution in [2.75, 3.05) is 21.3 Å². The first-order valence-corrected chi connectivity index (χ1v) is 10.4. The van der Waals surface area contributed by atoms with Crippen molar-refractivity contribution in [3.63, 3.8) is 0 Å². The number of allylic oxidation sites excluding steroid dienone is 1. The summed E-state index contributed by atoms with van der Waals surface area (Å²) in [4.78, 5) is 18.0. The molecule has 1 aliphatic rings. The van der Waals surface area contributed by atoms with Crippen LogP contribution in [0.25, 0.3) is 0 Å². The Kier molecular flexibility index (Phi) is 6.15. The van der Waals surface area contributed by atoms with E-state index in [0.717, 1.165) is 5.56 Å². The number of aromatic nitrogens is 2. The van der Waals surface area contributed by atoms with E-state index in [0.29, 0.717) is 40.8 Å². The Hall–Kier alpha value is -4.45. The molecule has 1 aliphatic heterocycles. The molecule has 1 unspecified atom stereocenters. The summed E-state index contributed by atoms with van der Waals surface area (Å²) in [5.41, 5.74) is 8.28. The van der Waals surface area contributed by atoms with Crippen LogP contribution in [0.4, 0.5) is 0 Å². The number of methoxy groups -OCH3 is 3. The molecule has 1 aromatic carbocycles. The Labute approximate surface area is 196 Å². The van der Waals surface area contributed by atoms with Crippen LogP contribution in [0, 0.1) is 18.3 Å². The largest absolute Gasteiger partial charge is 0.496 e. The van der Waals surface area contributed by atoms with Crippen LogP contribution in [0.15, 0.2) is 59.0 Å². The summed E-state index contributed by atoms with van der Waals surface area (Å²) >= 11 is 0. The number of nitriles is 1. The van der Waals surface area contributed by atoms with Crippen LogP contribution >= 0.6 is 0 Å². The van der Waals surface area contributed by atoms with Gasteiger partial charge in [-0.3, -0.25) is 9.78 Å². The van der Waals surface area contributed by atoms with E-state index in [1.54, 1.807) is 35.2 Å². The molecular formula is C25H24N4O5. The molecule has 4 rings (SSSR count). The van der Waals surface area contributed by atoms with Crippen molar-refractivity contribution in [2.24, 2.45) is 5.73 Å². The number of fused-ring (bicyclic) bond motifs is 1. The second-order valence-electron chi connectivity index (χ2n) is 7.69. The van der Waals surface area contributed by atoms with Crippen LogP contribution in [0.1, 0.15) is 28.3 Å². The Morgan fingerprint density at radius 3 is 2.47 bits per heavy atom. The molecule has 9 nitrogen and oxygen atoms in total. The van der Waals surface area contributed by atoms with Gasteiger partial charge in [-0.15, -0.1) is 0 Å². The third kappa shape index (κ3) is 3.79. The van der Waals surface area contributed by atoms with Crippen LogP contribution < -0.4 is 30.2 Å². The molecule has 1 atom stereocenters. The zero-order valence-electron chi connectivity index (χ0n) is 19.3. The van der Waals surface area contributed by atoms with Crippen LogP contribution in [0.3, 0.4) is 0 Å². The molecule has 0 fully saturated rings. The summed E-state index contributed by atoms with van der Waals surface area (Å²) in [6.45, 7) is 2.12. The molecule has 174 valence electrons. The van der Waals surface area contributed by atoms with E-state index in [9.17, 15) is 10.1 Å². The Balaban J connectivity index is 1.99. The lowest BCUT2D eigenvalue weighted by Gasteiger charge is -2.28. The SMILES string of the molecule is COc1cc(OC)c(C2C(C#N)=C(N)Oc3cc(C)n(Cc4cccnc4)c(=O)c32)cc1OC. The molecule has 0 bridgehead atoms. The molecule has 3 aromatic rings. The van der Waals surface area contributed by atoms with Crippen molar-refractivity contribution >= 4 is 0 Å². The minimum Gasteiger partial charge on any atom is -0.496 e. The number of nitrogens with zero attached hydrogens (tertiary/aromatic N) is 3. The summed E-state index contributed by atoms with van der Waals surface area (Å²) in [6.07, 6.45) is 3.38. The minimum absolute atomic E-state index is 0.0688. The summed E-state index contributed by atoms with van der Waals surface area (Å²) in [7, 11) is 4.52. The van der Waals surface area contributed by atoms with Gasteiger partial charge in [0, 0.05) is 35.8 Å². The standard InChI is InChI=1S/C25H24N4O5/c1-14-8-21-23(25(30)29(14)13-15-6-5-7-28-12-15)22(17(11-26)24(27)34-21)16-9-19(32-3)20(33-4)10-18(16)31-2/h5-10,12,22H,13,27H2,1-4H3. The number of ether oxygens (including phenoxy) is 4. The van der Waals surface area contributed by atoms with Crippen LogP contribution in [0.5, 0.6) is 23.0 Å². The van der Waals surface area contributed by atoms with E-state index in [-0.39, 0.29) is 22.6 Å². The van der Waals surface area contributed by atoms with Gasteiger partial charge in [-0.05, 0) is 24.6 Å². The van der Waals surface area contributed by atoms with Gasteiger partial charge in [-0.2, -0.15) is 5.26 Å². The van der Waals surface area contributed by atoms with Gasteiger partial charge in [0.15, 0.2) is 11.5 Å². The predicted octanol–water partition coefficient (Wildman–Crippen LogP) is 2.84. The average Bonchev–Trinajstić information content (AvgIpc) is 2.85. The second-order valence-corrected chi connectivity index (χ2v) is 7.69. The highest BCUT2D eigenvalue weighted by atomic mass is 16.5. The maximum atomic E-state index is 13.9. The van der Waals surface area contributed by atoms with E-state index in [1.165, 1.54) is 21.3 Å². The van der Waals surface area contributed by atoms with E-state index in [4.69, 9.17) is 24.7 Å². The Morgan fingerprint density at radius 2 is 1.85 bits per heavy atom. The monoisotopic (exact) mass is 460 g/mol. The smallest absolute Gasteiger partial charge is 0.259 e. The van der Waals surface area contributed by atoms with Crippen molar-refractivity contribution in [2.45, 2.75) is 19.4 Å². The Morgan fingerprint density at radius 1 is 1.15 bits per heavy atom. The first kappa shape index (κ1) is 22.7. The fourth-order valence-electron chi connectivity index (χ4n) is 4.15. The van der Waals surface area contributed by atoms with Crippen LogP contribution in [-0.4, -0.2) is 30.9 Å². The van der Waals surface area contributed by atoms with Crippen molar-refractivity contribution in [1.82, 2.24) is 9.55 Å². The molecule has 2 N–H and O–H groups in total. The fraction of sp³-hybridized carbons (Fsp3) is 0.240. The van der Waals surface area contributed by atoms with E-state index in [1.807, 2.05) is 19.1 Å². The first-order valence-electron chi connectivity index (χ1n) is 10.4.